The fourth-order valence-electron chi connectivity index (χ4n) is 3.03. The van der Waals surface area contributed by atoms with E-state index in [4.69, 9.17) is 4.74 Å². The van der Waals surface area contributed by atoms with Crippen LogP contribution < -0.4 is 15.0 Å². The summed E-state index contributed by atoms with van der Waals surface area (Å²) in [5, 5.41) is 2.88. The van der Waals surface area contributed by atoms with Crippen molar-refractivity contribution < 1.29 is 14.3 Å². The van der Waals surface area contributed by atoms with Crippen molar-refractivity contribution in [3.8, 4) is 5.75 Å². The van der Waals surface area contributed by atoms with E-state index < -0.39 is 0 Å². The van der Waals surface area contributed by atoms with E-state index in [0.29, 0.717) is 13.1 Å². The molecule has 0 fully saturated rings. The molecular formula is C22H26N2O3S. The summed E-state index contributed by atoms with van der Waals surface area (Å²) < 4.78 is 5.61. The number of anilines is 1. The van der Waals surface area contributed by atoms with Gasteiger partial charge in [0.2, 0.25) is 11.8 Å². The number of amides is 2. The first-order chi connectivity index (χ1) is 13.5. The van der Waals surface area contributed by atoms with Gasteiger partial charge in [-0.15, -0.1) is 11.8 Å². The first-order valence-corrected chi connectivity index (χ1v) is 10.6. The Bertz CT molecular complexity index is 821. The molecular weight excluding hydrogens is 372 g/mol. The Hall–Kier alpha value is -2.47. The number of fused-ring (bicyclic) bond motifs is 1. The predicted molar refractivity (Wildman–Crippen MR) is 113 cm³/mol. The molecule has 0 spiro atoms. The van der Waals surface area contributed by atoms with E-state index in [2.05, 4.69) is 5.32 Å². The van der Waals surface area contributed by atoms with Gasteiger partial charge in [-0.25, -0.2) is 0 Å². The van der Waals surface area contributed by atoms with Crippen LogP contribution in [0.15, 0.2) is 53.4 Å². The van der Waals surface area contributed by atoms with Crippen molar-refractivity contribution in [2.24, 2.45) is 0 Å². The van der Waals surface area contributed by atoms with Gasteiger partial charge in [-0.1, -0.05) is 24.3 Å². The van der Waals surface area contributed by atoms with Crippen LogP contribution in [-0.4, -0.2) is 30.2 Å². The number of carbonyl (C=O) groups excluding carboxylic acids is 2. The molecule has 0 saturated carbocycles. The quantitative estimate of drug-likeness (QED) is 0.766. The largest absolute Gasteiger partial charge is 0.491 e. The molecule has 3 rings (SSSR count). The minimum Gasteiger partial charge on any atom is -0.491 e. The summed E-state index contributed by atoms with van der Waals surface area (Å²) in [5.41, 5.74) is 1.95. The van der Waals surface area contributed by atoms with Crippen LogP contribution in [0.2, 0.25) is 0 Å². The number of hydrogen-bond acceptors (Lipinski definition) is 4. The van der Waals surface area contributed by atoms with Crippen LogP contribution >= 0.6 is 11.8 Å². The van der Waals surface area contributed by atoms with Crippen molar-refractivity contribution in [2.75, 3.05) is 17.2 Å². The van der Waals surface area contributed by atoms with Crippen molar-refractivity contribution in [3.63, 3.8) is 0 Å². The number of hydrogen-bond donors (Lipinski definition) is 1. The molecule has 0 atom stereocenters. The number of ether oxygens (including phenoxy) is 1. The topological polar surface area (TPSA) is 58.6 Å². The Balaban J connectivity index is 1.45. The van der Waals surface area contributed by atoms with Gasteiger partial charge < -0.3 is 15.0 Å². The van der Waals surface area contributed by atoms with Crippen molar-refractivity contribution >= 4 is 29.3 Å². The van der Waals surface area contributed by atoms with Gasteiger partial charge in [0.15, 0.2) is 0 Å². The molecule has 0 aliphatic carbocycles. The fourth-order valence-corrected chi connectivity index (χ4v) is 4.03. The van der Waals surface area contributed by atoms with Gasteiger partial charge in [0, 0.05) is 36.6 Å². The Morgan fingerprint density at radius 1 is 1.11 bits per heavy atom. The molecule has 2 amide bonds. The first-order valence-electron chi connectivity index (χ1n) is 9.57. The van der Waals surface area contributed by atoms with Crippen molar-refractivity contribution in [1.29, 1.82) is 0 Å². The van der Waals surface area contributed by atoms with E-state index in [-0.39, 0.29) is 30.8 Å². The summed E-state index contributed by atoms with van der Waals surface area (Å²) in [6, 6.07) is 15.6. The Morgan fingerprint density at radius 3 is 2.61 bits per heavy atom. The van der Waals surface area contributed by atoms with Gasteiger partial charge in [-0.05, 0) is 43.7 Å². The second-order valence-corrected chi connectivity index (χ2v) is 8.09. The molecule has 5 nitrogen and oxygen atoms in total. The number of nitrogens with zero attached hydrogens (tertiary/aromatic N) is 1. The van der Waals surface area contributed by atoms with E-state index in [1.807, 2.05) is 62.4 Å². The molecule has 0 unspecified atom stereocenters. The second-order valence-electron chi connectivity index (χ2n) is 6.95. The van der Waals surface area contributed by atoms with Gasteiger partial charge in [0.25, 0.3) is 0 Å². The van der Waals surface area contributed by atoms with E-state index in [0.717, 1.165) is 27.6 Å². The Labute approximate surface area is 170 Å². The number of carbonyl (C=O) groups is 2. The molecule has 2 aromatic carbocycles. The minimum absolute atomic E-state index is 0.00177. The molecule has 2 aromatic rings. The van der Waals surface area contributed by atoms with Gasteiger partial charge in [-0.2, -0.15) is 0 Å². The third kappa shape index (κ3) is 5.52. The Morgan fingerprint density at radius 2 is 1.86 bits per heavy atom. The maximum Gasteiger partial charge on any atom is 0.227 e. The molecule has 0 radical (unpaired) electrons. The average Bonchev–Trinajstić information content (AvgIpc) is 2.70. The molecule has 148 valence electrons. The van der Waals surface area contributed by atoms with E-state index in [9.17, 15) is 9.59 Å². The first kappa shape index (κ1) is 20.3. The van der Waals surface area contributed by atoms with E-state index in [1.165, 1.54) is 0 Å². The van der Waals surface area contributed by atoms with Gasteiger partial charge in [0.05, 0.1) is 11.8 Å². The smallest absolute Gasteiger partial charge is 0.227 e. The summed E-state index contributed by atoms with van der Waals surface area (Å²) in [6.07, 6.45) is 0.541. The highest BCUT2D eigenvalue weighted by Crippen LogP contribution is 2.34. The van der Waals surface area contributed by atoms with E-state index >= 15 is 0 Å². The molecule has 6 heteroatoms. The number of thioether (sulfide) groups is 1. The third-order valence-corrected chi connectivity index (χ3v) is 5.42. The highest BCUT2D eigenvalue weighted by atomic mass is 32.2. The van der Waals surface area contributed by atoms with Crippen LogP contribution in [0, 0.1) is 0 Å². The van der Waals surface area contributed by atoms with Gasteiger partial charge >= 0.3 is 0 Å². The zero-order valence-corrected chi connectivity index (χ0v) is 17.1. The lowest BCUT2D eigenvalue weighted by Gasteiger charge is -2.29. The molecule has 0 saturated heterocycles. The number of benzene rings is 2. The van der Waals surface area contributed by atoms with Crippen LogP contribution in [0.3, 0.4) is 0 Å². The van der Waals surface area contributed by atoms with Crippen LogP contribution in [-0.2, 0) is 16.1 Å². The Kier molecular flexibility index (Phi) is 6.98. The number of rotatable bonds is 7. The molecule has 1 aliphatic heterocycles. The van der Waals surface area contributed by atoms with Gasteiger partial charge in [-0.3, -0.25) is 9.59 Å². The summed E-state index contributed by atoms with van der Waals surface area (Å²) >= 11 is 1.76. The zero-order chi connectivity index (χ0) is 19.9. The molecule has 1 aliphatic rings. The standard InChI is InChI=1S/C22H26N2O3S/c1-16(2)27-18-9-7-17(8-10-18)15-23-21(25)11-12-22(26)24-13-14-28-20-6-4-3-5-19(20)24/h3-10,16H,11-15H2,1-2H3,(H,23,25). The lowest BCUT2D eigenvalue weighted by molar-refractivity contribution is -0.125. The predicted octanol–water partition coefficient (Wildman–Crippen LogP) is 4.01. The number of para-hydroxylation sites is 1. The fraction of sp³-hybridized carbons (Fsp3) is 0.364. The van der Waals surface area contributed by atoms with Crippen LogP contribution in [0.4, 0.5) is 5.69 Å². The maximum atomic E-state index is 12.6. The normalized spacial score (nSPS) is 13.2. The minimum atomic E-state index is -0.115. The van der Waals surface area contributed by atoms with Crippen LogP contribution in [0.5, 0.6) is 5.75 Å². The molecule has 0 aromatic heterocycles. The third-order valence-electron chi connectivity index (χ3n) is 4.38. The summed E-state index contributed by atoms with van der Waals surface area (Å²) in [4.78, 5) is 27.7. The van der Waals surface area contributed by atoms with Crippen LogP contribution in [0.1, 0.15) is 32.3 Å². The molecule has 28 heavy (non-hydrogen) atoms. The van der Waals surface area contributed by atoms with Crippen molar-refractivity contribution in [2.45, 2.75) is 44.2 Å². The maximum absolute atomic E-state index is 12.6. The lowest BCUT2D eigenvalue weighted by atomic mass is 10.2. The summed E-state index contributed by atoms with van der Waals surface area (Å²) in [5.74, 6) is 1.58. The van der Waals surface area contributed by atoms with Crippen molar-refractivity contribution in [3.05, 3.63) is 54.1 Å². The number of nitrogens with one attached hydrogen (secondary N) is 1. The average molecular weight is 399 g/mol. The van der Waals surface area contributed by atoms with Gasteiger partial charge in [0.1, 0.15) is 5.75 Å². The summed E-state index contributed by atoms with van der Waals surface area (Å²) in [7, 11) is 0. The lowest BCUT2D eigenvalue weighted by Crippen LogP contribution is -2.36. The molecule has 1 N–H and O–H groups in total. The zero-order valence-electron chi connectivity index (χ0n) is 16.3. The van der Waals surface area contributed by atoms with Crippen molar-refractivity contribution in [1.82, 2.24) is 5.32 Å². The van der Waals surface area contributed by atoms with E-state index in [1.54, 1.807) is 16.7 Å². The highest BCUT2D eigenvalue weighted by Gasteiger charge is 2.22. The van der Waals surface area contributed by atoms with Crippen LogP contribution in [0.25, 0.3) is 0 Å². The summed E-state index contributed by atoms with van der Waals surface area (Å²) in [6.45, 7) is 5.10. The SMILES string of the molecule is CC(C)Oc1ccc(CNC(=O)CCC(=O)N2CCSc3ccccc32)cc1. The molecule has 1 heterocycles. The highest BCUT2D eigenvalue weighted by molar-refractivity contribution is 7.99. The molecule has 0 bridgehead atoms. The second kappa shape index (κ2) is 9.64. The monoisotopic (exact) mass is 398 g/mol.